The number of Topliss-reactive ketones (excluding diaryl/α,β-unsaturated/α-hetero) is 2. The number of ketones is 2. The van der Waals surface area contributed by atoms with Crippen molar-refractivity contribution in [2.75, 3.05) is 20.8 Å². The molecule has 7 nitrogen and oxygen atoms in total. The number of carbonyl (C=O) groups excluding carboxylic acids is 2. The predicted molar refractivity (Wildman–Crippen MR) is 145 cm³/mol. The Kier molecular flexibility index (Phi) is 7.34. The van der Waals surface area contributed by atoms with Gasteiger partial charge in [-0.15, -0.1) is 6.58 Å². The molecule has 0 fully saturated rings. The second-order valence-electron chi connectivity index (χ2n) is 12.2. The summed E-state index contributed by atoms with van der Waals surface area (Å²) in [6.45, 7) is 12.4. The number of allylic oxidation sites excluding steroid dienone is 5. The maximum atomic E-state index is 13.9. The van der Waals surface area contributed by atoms with Gasteiger partial charge in [0.15, 0.2) is 23.1 Å². The van der Waals surface area contributed by atoms with Gasteiger partial charge in [0.25, 0.3) is 0 Å². The van der Waals surface area contributed by atoms with Crippen molar-refractivity contribution in [1.29, 1.82) is 0 Å². The summed E-state index contributed by atoms with van der Waals surface area (Å²) in [6, 6.07) is 3.87. The molecular formula is C31H39NO6. The molecule has 0 bridgehead atoms. The summed E-state index contributed by atoms with van der Waals surface area (Å²) in [5, 5.41) is 9.54. The lowest BCUT2D eigenvalue weighted by molar-refractivity contribution is -0.137. The van der Waals surface area contributed by atoms with Crippen LogP contribution in [0.25, 0.3) is 0 Å². The molecule has 0 atom stereocenters. The molecule has 0 radical (unpaired) electrons. The van der Waals surface area contributed by atoms with Crippen LogP contribution >= 0.6 is 0 Å². The van der Waals surface area contributed by atoms with Gasteiger partial charge in [0.1, 0.15) is 0 Å². The smallest absolute Gasteiger partial charge is 0.305 e. The minimum Gasteiger partial charge on any atom is -0.493 e. The number of aliphatic carboxylic acids is 1. The second-order valence-corrected chi connectivity index (χ2v) is 12.2. The van der Waals surface area contributed by atoms with Gasteiger partial charge in [-0.25, -0.2) is 0 Å². The summed E-state index contributed by atoms with van der Waals surface area (Å²) in [6.07, 6.45) is 4.22. The van der Waals surface area contributed by atoms with E-state index in [0.717, 1.165) is 22.5 Å². The first-order valence-electron chi connectivity index (χ1n) is 13.2. The third kappa shape index (κ3) is 5.03. The lowest BCUT2D eigenvalue weighted by atomic mass is 9.63. The van der Waals surface area contributed by atoms with Gasteiger partial charge in [-0.2, -0.15) is 0 Å². The fourth-order valence-electron chi connectivity index (χ4n) is 6.40. The summed E-state index contributed by atoms with van der Waals surface area (Å²) in [5.41, 5.74) is 4.03. The van der Waals surface area contributed by atoms with E-state index in [0.29, 0.717) is 54.7 Å². The number of hydrogen-bond acceptors (Lipinski definition) is 6. The molecule has 0 spiro atoms. The Morgan fingerprint density at radius 1 is 1.00 bits per heavy atom. The zero-order valence-electron chi connectivity index (χ0n) is 23.4. The van der Waals surface area contributed by atoms with Crippen molar-refractivity contribution < 1.29 is 29.0 Å². The molecule has 4 rings (SSSR count). The Balaban J connectivity index is 2.04. The Labute approximate surface area is 225 Å². The minimum atomic E-state index is -0.909. The normalized spacial score (nSPS) is 20.7. The topological polar surface area (TPSA) is 93.1 Å². The molecule has 1 aromatic rings. The fraction of sp³-hybridized carbons (Fsp3) is 0.516. The van der Waals surface area contributed by atoms with E-state index in [4.69, 9.17) is 9.47 Å². The largest absolute Gasteiger partial charge is 0.493 e. The van der Waals surface area contributed by atoms with Gasteiger partial charge in [0.05, 0.1) is 20.6 Å². The first-order valence-corrected chi connectivity index (χ1v) is 13.2. The van der Waals surface area contributed by atoms with Crippen molar-refractivity contribution in [2.24, 2.45) is 10.8 Å². The Morgan fingerprint density at radius 2 is 1.55 bits per heavy atom. The fourth-order valence-corrected chi connectivity index (χ4v) is 6.40. The van der Waals surface area contributed by atoms with Gasteiger partial charge in [0.2, 0.25) is 0 Å². The third-order valence-corrected chi connectivity index (χ3v) is 7.85. The Bertz CT molecular complexity index is 1210. The summed E-state index contributed by atoms with van der Waals surface area (Å²) >= 11 is 0. The van der Waals surface area contributed by atoms with Crippen LogP contribution in [0.4, 0.5) is 0 Å². The van der Waals surface area contributed by atoms with E-state index in [-0.39, 0.29) is 35.4 Å². The van der Waals surface area contributed by atoms with Gasteiger partial charge < -0.3 is 19.5 Å². The maximum absolute atomic E-state index is 13.9. The quantitative estimate of drug-likeness (QED) is 0.446. The highest BCUT2D eigenvalue weighted by Crippen LogP contribution is 2.55. The minimum absolute atomic E-state index is 0.00538. The number of carboxylic acid groups (broad SMARTS) is 1. The van der Waals surface area contributed by atoms with E-state index in [1.807, 2.05) is 17.0 Å². The van der Waals surface area contributed by atoms with E-state index in [9.17, 15) is 19.5 Å². The monoisotopic (exact) mass is 521 g/mol. The third-order valence-electron chi connectivity index (χ3n) is 7.85. The van der Waals surface area contributed by atoms with Crippen LogP contribution in [0.5, 0.6) is 11.5 Å². The van der Waals surface area contributed by atoms with E-state index < -0.39 is 11.9 Å². The number of rotatable bonds is 8. The van der Waals surface area contributed by atoms with Gasteiger partial charge in [-0.05, 0) is 41.7 Å². The number of ether oxygens (including phenoxy) is 2. The number of benzene rings is 1. The number of nitrogens with zero attached hydrogens (tertiary/aromatic N) is 1. The van der Waals surface area contributed by atoms with E-state index in [1.165, 1.54) is 0 Å². The molecule has 0 saturated heterocycles. The molecule has 0 aromatic heterocycles. The molecule has 1 aromatic carbocycles. The van der Waals surface area contributed by atoms with Crippen molar-refractivity contribution in [3.8, 4) is 11.5 Å². The summed E-state index contributed by atoms with van der Waals surface area (Å²) in [4.78, 5) is 41.4. The van der Waals surface area contributed by atoms with Crippen molar-refractivity contribution in [1.82, 2.24) is 4.90 Å². The lowest BCUT2D eigenvalue weighted by Crippen LogP contribution is -2.45. The van der Waals surface area contributed by atoms with Gasteiger partial charge >= 0.3 is 5.97 Å². The van der Waals surface area contributed by atoms with Gasteiger partial charge in [-0.3, -0.25) is 14.4 Å². The summed E-state index contributed by atoms with van der Waals surface area (Å²) < 4.78 is 11.3. The van der Waals surface area contributed by atoms with Crippen LogP contribution in [0, 0.1) is 10.8 Å². The van der Waals surface area contributed by atoms with E-state index in [2.05, 4.69) is 34.3 Å². The second kappa shape index (κ2) is 10.1. The molecule has 7 heteroatoms. The summed E-state index contributed by atoms with van der Waals surface area (Å²) in [5.74, 6) is -0.307. The SMILES string of the molecule is C=CCc1cc(C2C3=C(CC(C)(C)CC3=O)N(CCC(=O)O)C3=C2C(=O)CC(C)(C)C3)cc(OC)c1OC. The molecule has 0 saturated carbocycles. The maximum Gasteiger partial charge on any atom is 0.305 e. The number of methoxy groups -OCH3 is 2. The standard InChI is InChI=1S/C31H39NO6/c1-8-9-18-12-19(13-24(37-6)29(18)38-7)26-27-20(14-30(2,3)16-22(27)33)32(11-10-25(35)36)21-15-31(4,5)17-23(34)28(21)26/h8,12-13,26H,1,9-11,14-17H2,2-7H3,(H,35,36). The van der Waals surface area contributed by atoms with Crippen molar-refractivity contribution >= 4 is 17.5 Å². The van der Waals surface area contributed by atoms with Gasteiger partial charge in [-0.1, -0.05) is 39.8 Å². The molecule has 2 aliphatic carbocycles. The first-order chi connectivity index (χ1) is 17.8. The zero-order chi connectivity index (χ0) is 28.0. The average Bonchev–Trinajstić information content (AvgIpc) is 2.80. The number of carboxylic acids is 1. The molecule has 204 valence electrons. The van der Waals surface area contributed by atoms with E-state index >= 15 is 0 Å². The molecule has 1 N–H and O–H groups in total. The lowest BCUT2D eigenvalue weighted by Gasteiger charge is -2.49. The highest BCUT2D eigenvalue weighted by atomic mass is 16.5. The van der Waals surface area contributed by atoms with Gasteiger partial charge in [0, 0.05) is 53.4 Å². The van der Waals surface area contributed by atoms with E-state index in [1.54, 1.807) is 20.3 Å². The van der Waals surface area contributed by atoms with Crippen LogP contribution in [0.1, 0.15) is 76.8 Å². The molecule has 0 amide bonds. The van der Waals surface area contributed by atoms with Crippen molar-refractivity contribution in [3.05, 3.63) is 58.5 Å². The average molecular weight is 522 g/mol. The van der Waals surface area contributed by atoms with Crippen molar-refractivity contribution in [2.45, 2.75) is 72.1 Å². The zero-order valence-corrected chi connectivity index (χ0v) is 23.4. The highest BCUT2D eigenvalue weighted by Gasteiger charge is 2.49. The van der Waals surface area contributed by atoms with Crippen LogP contribution in [0.2, 0.25) is 0 Å². The predicted octanol–water partition coefficient (Wildman–Crippen LogP) is 5.59. The van der Waals surface area contributed by atoms with Crippen LogP contribution in [0.15, 0.2) is 47.3 Å². The molecular weight excluding hydrogens is 482 g/mol. The first kappa shape index (κ1) is 27.7. The molecule has 3 aliphatic rings. The Morgan fingerprint density at radius 3 is 2.00 bits per heavy atom. The highest BCUT2D eigenvalue weighted by molar-refractivity contribution is 6.07. The van der Waals surface area contributed by atoms with Crippen LogP contribution in [-0.4, -0.2) is 48.3 Å². The van der Waals surface area contributed by atoms with Crippen LogP contribution in [-0.2, 0) is 20.8 Å². The van der Waals surface area contributed by atoms with Crippen LogP contribution in [0.3, 0.4) is 0 Å². The number of hydrogen-bond donors (Lipinski definition) is 1. The molecule has 1 aliphatic heterocycles. The molecule has 38 heavy (non-hydrogen) atoms. The number of carbonyl (C=O) groups is 3. The molecule has 0 unspecified atom stereocenters. The summed E-state index contributed by atoms with van der Waals surface area (Å²) in [7, 11) is 3.16. The molecule has 1 heterocycles. The van der Waals surface area contributed by atoms with Crippen LogP contribution < -0.4 is 9.47 Å². The Hall–Kier alpha value is -3.35. The van der Waals surface area contributed by atoms with Crippen molar-refractivity contribution in [3.63, 3.8) is 0 Å².